The fourth-order valence-electron chi connectivity index (χ4n) is 2.98. The Kier molecular flexibility index (Phi) is 5.84. The van der Waals surface area contributed by atoms with Gasteiger partial charge in [0.1, 0.15) is 12.4 Å². The summed E-state index contributed by atoms with van der Waals surface area (Å²) < 4.78 is 12.6. The maximum absolute atomic E-state index is 12.0. The number of rotatable bonds is 8. The van der Waals surface area contributed by atoms with Crippen LogP contribution in [0.3, 0.4) is 0 Å². The van der Waals surface area contributed by atoms with E-state index in [2.05, 4.69) is 20.6 Å². The lowest BCUT2D eigenvalue weighted by molar-refractivity contribution is -0.120. The summed E-state index contributed by atoms with van der Waals surface area (Å²) >= 11 is 0. The zero-order valence-electron chi connectivity index (χ0n) is 16.5. The van der Waals surface area contributed by atoms with Crippen LogP contribution in [0.15, 0.2) is 66.7 Å². The second-order valence-corrected chi connectivity index (χ2v) is 6.56. The van der Waals surface area contributed by atoms with E-state index in [9.17, 15) is 4.79 Å². The number of methoxy groups -OCH3 is 1. The first-order valence-corrected chi connectivity index (χ1v) is 9.53. The lowest BCUT2D eigenvalue weighted by atomic mass is 10.1. The third kappa shape index (κ3) is 4.54. The van der Waals surface area contributed by atoms with Crippen molar-refractivity contribution >= 4 is 11.6 Å². The number of hydrogen-bond donors (Lipinski definition) is 1. The molecule has 4 aromatic rings. The summed E-state index contributed by atoms with van der Waals surface area (Å²) in [7, 11) is 1.61. The molecule has 2 heterocycles. The van der Waals surface area contributed by atoms with Crippen LogP contribution in [-0.4, -0.2) is 46.0 Å². The van der Waals surface area contributed by atoms with Crippen LogP contribution in [0.1, 0.15) is 5.56 Å². The molecule has 0 aliphatic rings. The Morgan fingerprint density at radius 2 is 1.90 bits per heavy atom. The fourth-order valence-corrected chi connectivity index (χ4v) is 2.98. The van der Waals surface area contributed by atoms with Gasteiger partial charge in [-0.3, -0.25) is 4.79 Å². The van der Waals surface area contributed by atoms with Gasteiger partial charge < -0.3 is 14.8 Å². The van der Waals surface area contributed by atoms with Gasteiger partial charge >= 0.3 is 0 Å². The minimum absolute atomic E-state index is 0.0488. The third-order valence-corrected chi connectivity index (χ3v) is 4.45. The molecule has 0 radical (unpaired) electrons. The van der Waals surface area contributed by atoms with Crippen LogP contribution in [0.4, 0.5) is 0 Å². The van der Waals surface area contributed by atoms with Crippen molar-refractivity contribution in [2.75, 3.05) is 20.3 Å². The van der Waals surface area contributed by atoms with E-state index in [1.807, 2.05) is 54.6 Å². The molecule has 152 valence electrons. The highest BCUT2D eigenvalue weighted by Gasteiger charge is 2.11. The molecule has 0 aliphatic carbocycles. The largest absolute Gasteiger partial charge is 0.497 e. The number of nitrogens with one attached hydrogen (secondary N) is 1. The van der Waals surface area contributed by atoms with Gasteiger partial charge in [0.05, 0.1) is 20.1 Å². The lowest BCUT2D eigenvalue weighted by Crippen LogP contribution is -2.29. The van der Waals surface area contributed by atoms with Gasteiger partial charge in [-0.1, -0.05) is 42.5 Å². The standard InChI is InChI=1S/C22H21N5O3/c1-29-18-9-5-8-17(15-18)22-25-24-19-10-11-21(26-27(19)22)30-13-12-23-20(28)14-16-6-3-2-4-7-16/h2-11,15H,12-14H2,1H3,(H,23,28). The van der Waals surface area contributed by atoms with Crippen molar-refractivity contribution in [2.24, 2.45) is 0 Å². The Labute approximate surface area is 173 Å². The lowest BCUT2D eigenvalue weighted by Gasteiger charge is -2.08. The number of amides is 1. The Balaban J connectivity index is 1.37. The van der Waals surface area contributed by atoms with Crippen molar-refractivity contribution < 1.29 is 14.3 Å². The molecule has 2 aromatic heterocycles. The van der Waals surface area contributed by atoms with Crippen LogP contribution in [0.5, 0.6) is 11.6 Å². The van der Waals surface area contributed by atoms with Crippen molar-refractivity contribution in [1.82, 2.24) is 25.1 Å². The minimum Gasteiger partial charge on any atom is -0.497 e. The van der Waals surface area contributed by atoms with Crippen LogP contribution in [-0.2, 0) is 11.2 Å². The molecule has 0 aliphatic heterocycles. The number of carbonyl (C=O) groups excluding carboxylic acids is 1. The van der Waals surface area contributed by atoms with Crippen LogP contribution in [0, 0.1) is 0 Å². The van der Waals surface area contributed by atoms with Crippen LogP contribution < -0.4 is 14.8 Å². The van der Waals surface area contributed by atoms with Gasteiger partial charge in [-0.15, -0.1) is 15.3 Å². The molecule has 0 unspecified atom stereocenters. The van der Waals surface area contributed by atoms with Crippen molar-refractivity contribution in [1.29, 1.82) is 0 Å². The molecule has 4 rings (SSSR count). The van der Waals surface area contributed by atoms with Crippen molar-refractivity contribution in [3.63, 3.8) is 0 Å². The highest BCUT2D eigenvalue weighted by Crippen LogP contribution is 2.23. The number of fused-ring (bicyclic) bond motifs is 1. The number of benzene rings is 2. The summed E-state index contributed by atoms with van der Waals surface area (Å²) in [5, 5.41) is 15.7. The number of hydrogen-bond acceptors (Lipinski definition) is 6. The highest BCUT2D eigenvalue weighted by atomic mass is 16.5. The first kappa shape index (κ1) is 19.4. The monoisotopic (exact) mass is 403 g/mol. The van der Waals surface area contributed by atoms with Gasteiger partial charge in [0.25, 0.3) is 0 Å². The normalized spacial score (nSPS) is 10.7. The topological polar surface area (TPSA) is 90.6 Å². The molecular weight excluding hydrogens is 382 g/mol. The molecule has 0 atom stereocenters. The maximum Gasteiger partial charge on any atom is 0.231 e. The maximum atomic E-state index is 12.0. The molecule has 0 fully saturated rings. The fraction of sp³-hybridized carbons (Fsp3) is 0.182. The Hall–Kier alpha value is -3.94. The summed E-state index contributed by atoms with van der Waals surface area (Å²) in [5.41, 5.74) is 2.41. The predicted octanol–water partition coefficient (Wildman–Crippen LogP) is 2.54. The molecule has 1 N–H and O–H groups in total. The summed E-state index contributed by atoms with van der Waals surface area (Å²) in [5.74, 6) is 1.68. The summed E-state index contributed by atoms with van der Waals surface area (Å²) in [6.45, 7) is 0.686. The molecular formula is C22H21N5O3. The third-order valence-electron chi connectivity index (χ3n) is 4.45. The van der Waals surface area contributed by atoms with E-state index >= 15 is 0 Å². The molecule has 0 bridgehead atoms. The molecule has 0 saturated carbocycles. The number of ether oxygens (including phenoxy) is 2. The zero-order chi connectivity index (χ0) is 20.8. The molecule has 2 aromatic carbocycles. The Bertz CT molecular complexity index is 1140. The Morgan fingerprint density at radius 3 is 2.73 bits per heavy atom. The first-order chi connectivity index (χ1) is 14.7. The summed E-state index contributed by atoms with van der Waals surface area (Å²) in [6.07, 6.45) is 0.343. The van der Waals surface area contributed by atoms with E-state index < -0.39 is 0 Å². The molecule has 30 heavy (non-hydrogen) atoms. The van der Waals surface area contributed by atoms with Crippen LogP contribution >= 0.6 is 0 Å². The first-order valence-electron chi connectivity index (χ1n) is 9.53. The molecule has 0 saturated heterocycles. The van der Waals surface area contributed by atoms with E-state index in [-0.39, 0.29) is 5.91 Å². The molecule has 0 spiro atoms. The van der Waals surface area contributed by atoms with Crippen LogP contribution in [0.25, 0.3) is 17.0 Å². The van der Waals surface area contributed by atoms with E-state index in [0.29, 0.717) is 36.9 Å². The van der Waals surface area contributed by atoms with Gasteiger partial charge in [-0.25, -0.2) is 0 Å². The smallest absolute Gasteiger partial charge is 0.231 e. The number of nitrogens with zero attached hydrogens (tertiary/aromatic N) is 4. The van der Waals surface area contributed by atoms with E-state index in [1.165, 1.54) is 0 Å². The van der Waals surface area contributed by atoms with Crippen molar-refractivity contribution in [3.8, 4) is 23.0 Å². The summed E-state index contributed by atoms with van der Waals surface area (Å²) in [6, 6.07) is 20.6. The van der Waals surface area contributed by atoms with Crippen LogP contribution in [0.2, 0.25) is 0 Å². The van der Waals surface area contributed by atoms with Crippen molar-refractivity contribution in [2.45, 2.75) is 6.42 Å². The highest BCUT2D eigenvalue weighted by molar-refractivity contribution is 5.78. The van der Waals surface area contributed by atoms with Crippen molar-refractivity contribution in [3.05, 3.63) is 72.3 Å². The zero-order valence-corrected chi connectivity index (χ0v) is 16.5. The number of aromatic nitrogens is 4. The van der Waals surface area contributed by atoms with E-state index in [0.717, 1.165) is 16.9 Å². The quantitative estimate of drug-likeness (QED) is 0.455. The molecule has 1 amide bonds. The summed E-state index contributed by atoms with van der Waals surface area (Å²) in [4.78, 5) is 12.0. The minimum atomic E-state index is -0.0488. The van der Waals surface area contributed by atoms with Gasteiger partial charge in [0.2, 0.25) is 11.8 Å². The van der Waals surface area contributed by atoms with Gasteiger partial charge in [-0.05, 0) is 23.8 Å². The van der Waals surface area contributed by atoms with Gasteiger partial charge in [0, 0.05) is 11.6 Å². The average Bonchev–Trinajstić information content (AvgIpc) is 3.21. The number of carbonyl (C=O) groups is 1. The second kappa shape index (κ2) is 9.04. The molecule has 8 heteroatoms. The SMILES string of the molecule is COc1cccc(-c2nnc3ccc(OCCNC(=O)Cc4ccccc4)nn23)c1. The van der Waals surface area contributed by atoms with E-state index in [1.54, 1.807) is 23.8 Å². The Morgan fingerprint density at radius 1 is 1.03 bits per heavy atom. The second-order valence-electron chi connectivity index (χ2n) is 6.56. The van der Waals surface area contributed by atoms with E-state index in [4.69, 9.17) is 9.47 Å². The average molecular weight is 403 g/mol. The van der Waals surface area contributed by atoms with Gasteiger partial charge in [0.15, 0.2) is 11.5 Å². The molecule has 8 nitrogen and oxygen atoms in total. The predicted molar refractivity (Wildman–Crippen MR) is 111 cm³/mol. The van der Waals surface area contributed by atoms with Gasteiger partial charge in [-0.2, -0.15) is 4.52 Å².